The van der Waals surface area contributed by atoms with Crippen LogP contribution in [0.1, 0.15) is 44.2 Å². The molecule has 0 spiro atoms. The first-order valence-corrected chi connectivity index (χ1v) is 8.03. The van der Waals surface area contributed by atoms with Crippen molar-refractivity contribution in [1.29, 1.82) is 0 Å². The van der Waals surface area contributed by atoms with E-state index >= 15 is 0 Å². The topological polar surface area (TPSA) is 15.3 Å². The van der Waals surface area contributed by atoms with Crippen LogP contribution in [0.5, 0.6) is 0 Å². The molecule has 0 fully saturated rings. The molecule has 0 aliphatic heterocycles. The van der Waals surface area contributed by atoms with Crippen molar-refractivity contribution in [3.8, 4) is 0 Å². The number of nitrogens with one attached hydrogen (secondary N) is 1. The summed E-state index contributed by atoms with van der Waals surface area (Å²) >= 11 is 0. The van der Waals surface area contributed by atoms with Gasteiger partial charge in [0.15, 0.2) is 0 Å². The van der Waals surface area contributed by atoms with Gasteiger partial charge in [-0.05, 0) is 63.5 Å². The average Bonchev–Trinajstić information content (AvgIpc) is 2.40. The first-order chi connectivity index (χ1) is 9.59. The summed E-state index contributed by atoms with van der Waals surface area (Å²) in [6.45, 7) is 11.3. The van der Waals surface area contributed by atoms with E-state index in [9.17, 15) is 0 Å². The van der Waals surface area contributed by atoms with Gasteiger partial charge in [0.25, 0.3) is 0 Å². The van der Waals surface area contributed by atoms with Crippen molar-refractivity contribution in [2.45, 2.75) is 46.6 Å². The summed E-state index contributed by atoms with van der Waals surface area (Å²) in [6, 6.07) is 8.69. The SMILES string of the molecule is Cc1ccccc1CN(C)CCCCCNCC(C)C. The molecule has 1 rings (SSSR count). The van der Waals surface area contributed by atoms with Crippen LogP contribution in [-0.2, 0) is 6.54 Å². The molecule has 0 heterocycles. The Kier molecular flexibility index (Phi) is 8.56. The molecule has 20 heavy (non-hydrogen) atoms. The number of aryl methyl sites for hydroxylation is 1. The molecular weight excluding hydrogens is 244 g/mol. The lowest BCUT2D eigenvalue weighted by molar-refractivity contribution is 0.316. The van der Waals surface area contributed by atoms with E-state index in [0.29, 0.717) is 0 Å². The molecule has 0 radical (unpaired) electrons. The molecule has 0 unspecified atom stereocenters. The Labute approximate surface area is 125 Å². The molecule has 0 amide bonds. The Balaban J connectivity index is 2.06. The van der Waals surface area contributed by atoms with Crippen molar-refractivity contribution in [2.24, 2.45) is 5.92 Å². The Bertz CT molecular complexity index is 360. The quantitative estimate of drug-likeness (QED) is 0.653. The lowest BCUT2D eigenvalue weighted by atomic mass is 10.1. The number of rotatable bonds is 10. The van der Waals surface area contributed by atoms with E-state index < -0.39 is 0 Å². The minimum Gasteiger partial charge on any atom is -0.316 e. The number of benzene rings is 1. The van der Waals surface area contributed by atoms with Gasteiger partial charge in [0.05, 0.1) is 0 Å². The van der Waals surface area contributed by atoms with Crippen LogP contribution in [0.3, 0.4) is 0 Å². The predicted octanol–water partition coefficient (Wildman–Crippen LogP) is 3.84. The van der Waals surface area contributed by atoms with Crippen LogP contribution >= 0.6 is 0 Å². The van der Waals surface area contributed by atoms with E-state index in [4.69, 9.17) is 0 Å². The zero-order valence-corrected chi connectivity index (χ0v) is 13.8. The fraction of sp³-hybridized carbons (Fsp3) is 0.667. The third-order valence-corrected chi connectivity index (χ3v) is 3.65. The number of hydrogen-bond donors (Lipinski definition) is 1. The summed E-state index contributed by atoms with van der Waals surface area (Å²) < 4.78 is 0. The van der Waals surface area contributed by atoms with Crippen molar-refractivity contribution in [2.75, 3.05) is 26.7 Å². The number of unbranched alkanes of at least 4 members (excludes halogenated alkanes) is 2. The Hall–Kier alpha value is -0.860. The van der Waals surface area contributed by atoms with E-state index in [0.717, 1.165) is 19.0 Å². The highest BCUT2D eigenvalue weighted by atomic mass is 15.1. The predicted molar refractivity (Wildman–Crippen MR) is 89.1 cm³/mol. The van der Waals surface area contributed by atoms with Gasteiger partial charge in [0.1, 0.15) is 0 Å². The highest BCUT2D eigenvalue weighted by Gasteiger charge is 2.02. The zero-order valence-electron chi connectivity index (χ0n) is 13.8. The van der Waals surface area contributed by atoms with Crippen LogP contribution < -0.4 is 5.32 Å². The Morgan fingerprint density at radius 1 is 1.10 bits per heavy atom. The molecule has 0 bridgehead atoms. The molecule has 0 aliphatic rings. The fourth-order valence-corrected chi connectivity index (χ4v) is 2.36. The molecule has 1 N–H and O–H groups in total. The van der Waals surface area contributed by atoms with Gasteiger partial charge < -0.3 is 10.2 Å². The van der Waals surface area contributed by atoms with E-state index in [2.05, 4.69) is 62.3 Å². The fourth-order valence-electron chi connectivity index (χ4n) is 2.36. The molecule has 2 heteroatoms. The summed E-state index contributed by atoms with van der Waals surface area (Å²) in [4.78, 5) is 2.43. The maximum Gasteiger partial charge on any atom is 0.0233 e. The molecule has 114 valence electrons. The van der Waals surface area contributed by atoms with Gasteiger partial charge in [-0.25, -0.2) is 0 Å². The normalized spacial score (nSPS) is 11.5. The van der Waals surface area contributed by atoms with Crippen molar-refractivity contribution < 1.29 is 0 Å². The van der Waals surface area contributed by atoms with Crippen molar-refractivity contribution >= 4 is 0 Å². The second kappa shape index (κ2) is 9.95. The van der Waals surface area contributed by atoms with Gasteiger partial charge in [0.2, 0.25) is 0 Å². The molecule has 0 saturated heterocycles. The lowest BCUT2D eigenvalue weighted by Crippen LogP contribution is -2.22. The van der Waals surface area contributed by atoms with E-state index in [1.165, 1.54) is 43.5 Å². The smallest absolute Gasteiger partial charge is 0.0233 e. The van der Waals surface area contributed by atoms with E-state index in [-0.39, 0.29) is 0 Å². The highest BCUT2D eigenvalue weighted by molar-refractivity contribution is 5.25. The molecule has 0 saturated carbocycles. The Morgan fingerprint density at radius 3 is 2.55 bits per heavy atom. The highest BCUT2D eigenvalue weighted by Crippen LogP contribution is 2.10. The summed E-state index contributed by atoms with van der Waals surface area (Å²) in [7, 11) is 2.23. The van der Waals surface area contributed by atoms with Crippen LogP contribution in [0, 0.1) is 12.8 Å². The van der Waals surface area contributed by atoms with Crippen LogP contribution in [0.2, 0.25) is 0 Å². The summed E-state index contributed by atoms with van der Waals surface area (Å²) in [5.74, 6) is 0.759. The van der Waals surface area contributed by atoms with E-state index in [1.807, 2.05) is 0 Å². The maximum absolute atomic E-state index is 3.51. The molecule has 2 nitrogen and oxygen atoms in total. The van der Waals surface area contributed by atoms with Gasteiger partial charge in [0, 0.05) is 6.54 Å². The molecule has 1 aromatic rings. The first kappa shape index (κ1) is 17.2. The Morgan fingerprint density at radius 2 is 1.85 bits per heavy atom. The molecule has 1 aromatic carbocycles. The monoisotopic (exact) mass is 276 g/mol. The molecular formula is C18H32N2. The summed E-state index contributed by atoms with van der Waals surface area (Å²) in [5.41, 5.74) is 2.85. The minimum atomic E-state index is 0.759. The van der Waals surface area contributed by atoms with Crippen molar-refractivity contribution in [1.82, 2.24) is 10.2 Å². The van der Waals surface area contributed by atoms with Crippen LogP contribution in [0.4, 0.5) is 0 Å². The van der Waals surface area contributed by atoms with Crippen LogP contribution in [-0.4, -0.2) is 31.6 Å². The minimum absolute atomic E-state index is 0.759. The second-order valence-corrected chi connectivity index (χ2v) is 6.32. The number of nitrogens with zero attached hydrogens (tertiary/aromatic N) is 1. The van der Waals surface area contributed by atoms with Crippen molar-refractivity contribution in [3.63, 3.8) is 0 Å². The average molecular weight is 276 g/mol. The number of hydrogen-bond acceptors (Lipinski definition) is 2. The van der Waals surface area contributed by atoms with Gasteiger partial charge in [-0.1, -0.05) is 44.5 Å². The summed E-state index contributed by atoms with van der Waals surface area (Å²) in [5, 5.41) is 3.51. The summed E-state index contributed by atoms with van der Waals surface area (Å²) in [6.07, 6.45) is 3.92. The standard InChI is InChI=1S/C18H32N2/c1-16(2)14-19-12-8-5-9-13-20(4)15-18-11-7-6-10-17(18)3/h6-7,10-11,16,19H,5,8-9,12-15H2,1-4H3. The lowest BCUT2D eigenvalue weighted by Gasteiger charge is -2.18. The van der Waals surface area contributed by atoms with Crippen LogP contribution in [0.25, 0.3) is 0 Å². The van der Waals surface area contributed by atoms with Gasteiger partial charge in [-0.2, -0.15) is 0 Å². The van der Waals surface area contributed by atoms with Gasteiger partial charge >= 0.3 is 0 Å². The van der Waals surface area contributed by atoms with Crippen molar-refractivity contribution in [3.05, 3.63) is 35.4 Å². The maximum atomic E-state index is 3.51. The second-order valence-electron chi connectivity index (χ2n) is 6.32. The largest absolute Gasteiger partial charge is 0.316 e. The zero-order chi connectivity index (χ0) is 14.8. The van der Waals surface area contributed by atoms with E-state index in [1.54, 1.807) is 0 Å². The van der Waals surface area contributed by atoms with Gasteiger partial charge in [-0.15, -0.1) is 0 Å². The third kappa shape index (κ3) is 7.66. The van der Waals surface area contributed by atoms with Gasteiger partial charge in [-0.3, -0.25) is 0 Å². The molecule has 0 atom stereocenters. The third-order valence-electron chi connectivity index (χ3n) is 3.65. The molecule has 0 aromatic heterocycles. The van der Waals surface area contributed by atoms with Crippen LogP contribution in [0.15, 0.2) is 24.3 Å². The first-order valence-electron chi connectivity index (χ1n) is 8.03. The molecule has 0 aliphatic carbocycles.